The van der Waals surface area contributed by atoms with Gasteiger partial charge in [-0.1, -0.05) is 12.1 Å². The fraction of sp³-hybridized carbons (Fsp3) is 0.227. The van der Waals surface area contributed by atoms with Gasteiger partial charge in [-0.05, 0) is 96.1 Å². The number of carbonyl (C=O) groups excluding carboxylic acids is 4. The van der Waals surface area contributed by atoms with Crippen molar-refractivity contribution in [1.29, 1.82) is 0 Å². The third-order valence-electron chi connectivity index (χ3n) is 10.1. The highest BCUT2D eigenvalue weighted by molar-refractivity contribution is 7.94. The highest BCUT2D eigenvalue weighted by Crippen LogP contribution is 2.40. The summed E-state index contributed by atoms with van der Waals surface area (Å²) in [6.07, 6.45) is -0.767. The van der Waals surface area contributed by atoms with E-state index >= 15 is 0 Å². The summed E-state index contributed by atoms with van der Waals surface area (Å²) in [5, 5.41) is 5.04. The van der Waals surface area contributed by atoms with Gasteiger partial charge < -0.3 is 29.9 Å². The van der Waals surface area contributed by atoms with E-state index in [1.165, 1.54) is 62.4 Å². The van der Waals surface area contributed by atoms with Crippen LogP contribution in [0.2, 0.25) is 0 Å². The molecule has 6 rings (SSSR count). The number of halogens is 4. The van der Waals surface area contributed by atoms with Crippen molar-refractivity contribution < 1.29 is 54.6 Å². The van der Waals surface area contributed by atoms with Gasteiger partial charge in [0.2, 0.25) is 23.6 Å². The van der Waals surface area contributed by atoms with Gasteiger partial charge in [-0.25, -0.2) is 26.2 Å². The average Bonchev–Trinajstić information content (AvgIpc) is 3.45. The van der Waals surface area contributed by atoms with Gasteiger partial charge in [0.15, 0.2) is 0 Å². The summed E-state index contributed by atoms with van der Waals surface area (Å²) in [5.41, 5.74) is 0.811. The van der Waals surface area contributed by atoms with E-state index in [1.54, 1.807) is 48.5 Å². The molecule has 0 saturated carbocycles. The monoisotopic (exact) mass is 890 g/mol. The minimum absolute atomic E-state index is 0.00650. The molecule has 1 unspecified atom stereocenters. The number of hydrogen-bond acceptors (Lipinski definition) is 8. The number of nitrogens with zero attached hydrogens (tertiary/aromatic N) is 4. The van der Waals surface area contributed by atoms with E-state index in [1.807, 2.05) is 0 Å². The second-order valence-electron chi connectivity index (χ2n) is 14.4. The number of hydrogen-bond donors (Lipinski definition) is 2. The van der Waals surface area contributed by atoms with Crippen molar-refractivity contribution in [3.8, 4) is 11.5 Å². The first-order valence-electron chi connectivity index (χ1n) is 19.2. The molecule has 0 aliphatic carbocycles. The first-order chi connectivity index (χ1) is 30.0. The number of methoxy groups -OCH3 is 2. The molecule has 0 saturated heterocycles. The quantitative estimate of drug-likeness (QED) is 0.132. The number of fused-ring (bicyclic) bond motifs is 1. The molecule has 1 heterocycles. The number of anilines is 4. The van der Waals surface area contributed by atoms with Gasteiger partial charge in [-0.15, -0.1) is 0 Å². The van der Waals surface area contributed by atoms with Gasteiger partial charge in [0.1, 0.15) is 59.9 Å². The van der Waals surface area contributed by atoms with Crippen molar-refractivity contribution in [2.75, 3.05) is 59.8 Å². The van der Waals surface area contributed by atoms with Crippen LogP contribution in [0.15, 0.2) is 109 Å². The van der Waals surface area contributed by atoms with Crippen LogP contribution in [0.1, 0.15) is 11.1 Å². The zero-order chi connectivity index (χ0) is 45.6. The van der Waals surface area contributed by atoms with E-state index < -0.39 is 82.3 Å². The summed E-state index contributed by atoms with van der Waals surface area (Å²) < 4.78 is 97.2. The molecular formula is C44H42F4N6O8S. The van der Waals surface area contributed by atoms with E-state index in [0.717, 1.165) is 32.9 Å². The Labute approximate surface area is 360 Å². The van der Waals surface area contributed by atoms with Gasteiger partial charge in [0.05, 0.1) is 25.6 Å². The topological polar surface area (TPSA) is 158 Å². The van der Waals surface area contributed by atoms with Crippen LogP contribution in [0.5, 0.6) is 11.5 Å². The number of ether oxygens (including phenoxy) is 2. The summed E-state index contributed by atoms with van der Waals surface area (Å²) in [6, 6.07) is 20.9. The van der Waals surface area contributed by atoms with E-state index in [2.05, 4.69) is 10.6 Å². The molecule has 5 aromatic rings. The Morgan fingerprint density at radius 1 is 0.571 bits per heavy atom. The van der Waals surface area contributed by atoms with Crippen LogP contribution in [0.4, 0.5) is 40.3 Å². The van der Waals surface area contributed by atoms with Crippen LogP contribution >= 0.6 is 0 Å². The maximum atomic E-state index is 14.2. The van der Waals surface area contributed by atoms with Crippen LogP contribution in [0.3, 0.4) is 0 Å². The lowest BCUT2D eigenvalue weighted by Gasteiger charge is -2.27. The molecule has 5 aromatic carbocycles. The fourth-order valence-electron chi connectivity index (χ4n) is 6.99. The molecule has 0 fully saturated rings. The van der Waals surface area contributed by atoms with Gasteiger partial charge in [0.25, 0.3) is 0 Å². The maximum absolute atomic E-state index is 14.2. The van der Waals surface area contributed by atoms with Crippen molar-refractivity contribution in [2.45, 2.75) is 24.9 Å². The van der Waals surface area contributed by atoms with Crippen molar-refractivity contribution >= 4 is 56.6 Å². The van der Waals surface area contributed by atoms with E-state index in [9.17, 15) is 45.2 Å². The highest BCUT2D eigenvalue weighted by Gasteiger charge is 2.43. The first kappa shape index (κ1) is 45.4. The molecule has 0 radical (unpaired) electrons. The molecule has 1 aliphatic heterocycles. The molecule has 63 heavy (non-hydrogen) atoms. The largest absolute Gasteiger partial charge is 0.497 e. The Hall–Kier alpha value is -7.15. The second-order valence-corrected chi connectivity index (χ2v) is 16.2. The van der Waals surface area contributed by atoms with Crippen LogP contribution in [0.25, 0.3) is 0 Å². The fourth-order valence-corrected chi connectivity index (χ4v) is 8.60. The number of rotatable bonds is 16. The third kappa shape index (κ3) is 10.7. The lowest BCUT2D eigenvalue weighted by Crippen LogP contribution is -2.53. The molecule has 0 spiro atoms. The average molecular weight is 891 g/mol. The predicted molar refractivity (Wildman–Crippen MR) is 227 cm³/mol. The van der Waals surface area contributed by atoms with Crippen molar-refractivity contribution in [3.63, 3.8) is 0 Å². The van der Waals surface area contributed by atoms with Crippen LogP contribution in [-0.2, 0) is 42.2 Å². The van der Waals surface area contributed by atoms with Crippen LogP contribution < -0.4 is 38.5 Å². The summed E-state index contributed by atoms with van der Waals surface area (Å²) >= 11 is 0. The number of likely N-dealkylation sites (N-methyl/N-ethyl adjacent to an activating group) is 2. The van der Waals surface area contributed by atoms with Crippen LogP contribution in [0, 0.1) is 23.3 Å². The Balaban J connectivity index is 1.23. The predicted octanol–water partition coefficient (Wildman–Crippen LogP) is 4.91. The van der Waals surface area contributed by atoms with Gasteiger partial charge in [-0.3, -0.25) is 19.2 Å². The summed E-state index contributed by atoms with van der Waals surface area (Å²) in [5.74, 6) is -6.03. The van der Waals surface area contributed by atoms with Gasteiger partial charge in [0, 0.05) is 50.4 Å². The number of carbonyl (C=O) groups is 4. The smallest absolute Gasteiger partial charge is 0.327 e. The molecule has 0 bridgehead atoms. The third-order valence-corrected chi connectivity index (χ3v) is 11.9. The Bertz CT molecular complexity index is 2410. The zero-order valence-electron chi connectivity index (χ0n) is 34.4. The highest BCUT2D eigenvalue weighted by atomic mass is 32.2. The Kier molecular flexibility index (Phi) is 13.9. The van der Waals surface area contributed by atoms with Crippen molar-refractivity contribution in [3.05, 3.63) is 144 Å². The first-order valence-corrected chi connectivity index (χ1v) is 20.6. The minimum Gasteiger partial charge on any atom is -0.497 e. The van der Waals surface area contributed by atoms with E-state index in [4.69, 9.17) is 9.47 Å². The minimum atomic E-state index is -4.73. The standard InChI is InChI=1S/C44H42F4N6O8S/c1-51(33-9-13-35(61-3)14-10-33)43(57)37(21-27-17-29(45)23-30(46)18-27)49-41(55)25-53-39-7-5-6-8-40(39)54(63(53,59)60)26-42(56)50-38(22-28-19-31(47)24-32(48)20-28)44(58)52(2)34-11-15-36(62-4)16-12-34/h5-20,23-24,37-38H,21-22,25-26H2,1-4H3,(H,49,55)(H,50,56)/t37-,38?/m0/s1. The molecule has 0 aromatic heterocycles. The molecule has 2 atom stereocenters. The van der Waals surface area contributed by atoms with Crippen LogP contribution in [-0.4, -0.2) is 85.5 Å². The molecule has 2 N–H and O–H groups in total. The number of amides is 4. The zero-order valence-corrected chi connectivity index (χ0v) is 35.2. The van der Waals surface area contributed by atoms with Crippen molar-refractivity contribution in [2.24, 2.45) is 0 Å². The summed E-state index contributed by atoms with van der Waals surface area (Å²) in [6.45, 7) is -1.80. The number of para-hydroxylation sites is 2. The molecular weight excluding hydrogens is 849 g/mol. The SMILES string of the molecule is COc1ccc(N(C)C(=O)C(Cc2cc(F)cc(F)c2)NC(=O)CN2c3ccccc3N(CC(=O)N[C@@H](Cc3cc(F)cc(F)c3)C(=O)N(C)c3ccc(OC)cc3)S2(=O)=O)cc1. The molecule has 19 heteroatoms. The molecule has 330 valence electrons. The molecule has 1 aliphatic rings. The number of benzene rings is 5. The molecule has 4 amide bonds. The maximum Gasteiger partial charge on any atom is 0.327 e. The Morgan fingerprint density at radius 2 is 0.905 bits per heavy atom. The molecule has 14 nitrogen and oxygen atoms in total. The second kappa shape index (κ2) is 19.3. The summed E-state index contributed by atoms with van der Waals surface area (Å²) in [4.78, 5) is 57.9. The lowest BCUT2D eigenvalue weighted by atomic mass is 10.0. The van der Waals surface area contributed by atoms with Gasteiger partial charge >= 0.3 is 10.2 Å². The normalized spacial score (nSPS) is 13.7. The van der Waals surface area contributed by atoms with E-state index in [-0.39, 0.29) is 35.3 Å². The van der Waals surface area contributed by atoms with Gasteiger partial charge in [-0.2, -0.15) is 8.42 Å². The number of nitrogens with one attached hydrogen (secondary N) is 2. The Morgan fingerprint density at radius 3 is 1.22 bits per heavy atom. The van der Waals surface area contributed by atoms with Crippen molar-refractivity contribution in [1.82, 2.24) is 10.6 Å². The lowest BCUT2D eigenvalue weighted by molar-refractivity contribution is -0.126. The summed E-state index contributed by atoms with van der Waals surface area (Å²) in [7, 11) is 1.04. The van der Waals surface area contributed by atoms with E-state index in [0.29, 0.717) is 35.0 Å².